The van der Waals surface area contributed by atoms with E-state index >= 15 is 0 Å². The second-order valence-electron chi connectivity index (χ2n) is 20.9. The minimum Gasteiger partial charge on any atom is -0.493 e. The quantitative estimate of drug-likeness (QED) is 0.0532. The van der Waals surface area contributed by atoms with Crippen LogP contribution < -0.4 is 25.6 Å². The molecule has 3 aliphatic rings. The highest BCUT2D eigenvalue weighted by Crippen LogP contribution is 2.37. The number of ether oxygens (including phenoxy) is 2. The first-order chi connectivity index (χ1) is 36.1. The summed E-state index contributed by atoms with van der Waals surface area (Å²) in [5, 5.41) is 14.6. The monoisotopic (exact) mass is 1030 g/mol. The zero-order valence-corrected chi connectivity index (χ0v) is 44.1. The zero-order valence-electron chi connectivity index (χ0n) is 43.3. The van der Waals surface area contributed by atoms with Crippen LogP contribution in [0, 0.1) is 12.8 Å². The van der Waals surface area contributed by atoms with Gasteiger partial charge in [-0.05, 0) is 157 Å². The second kappa shape index (κ2) is 21.4. The van der Waals surface area contributed by atoms with Crippen LogP contribution in [0.4, 0.5) is 16.6 Å². The van der Waals surface area contributed by atoms with Crippen molar-refractivity contribution in [3.05, 3.63) is 125 Å². The Bertz CT molecular complexity index is 3320. The molecule has 0 bridgehead atoms. The van der Waals surface area contributed by atoms with Crippen molar-refractivity contribution in [3.8, 4) is 16.9 Å². The van der Waals surface area contributed by atoms with Crippen LogP contribution in [-0.2, 0) is 39.1 Å². The molecule has 2 atom stereocenters. The minimum atomic E-state index is -0.754. The summed E-state index contributed by atoms with van der Waals surface area (Å²) in [6.07, 6.45) is 5.16. The summed E-state index contributed by atoms with van der Waals surface area (Å²) in [5.74, 6) is -0.145. The average Bonchev–Trinajstić information content (AvgIpc) is 3.97. The van der Waals surface area contributed by atoms with Crippen molar-refractivity contribution in [3.63, 3.8) is 0 Å². The van der Waals surface area contributed by atoms with E-state index in [-0.39, 0.29) is 41.8 Å². The Hall–Kier alpha value is -7.50. The third-order valence-electron chi connectivity index (χ3n) is 14.7. The van der Waals surface area contributed by atoms with Crippen molar-refractivity contribution < 1.29 is 33.4 Å². The van der Waals surface area contributed by atoms with Gasteiger partial charge >= 0.3 is 5.97 Å². The molecule has 4 aromatic carbocycles. The Labute approximate surface area is 440 Å². The predicted molar refractivity (Wildman–Crippen MR) is 291 cm³/mol. The molecular formula is C58H63N9O7S. The van der Waals surface area contributed by atoms with Gasteiger partial charge in [-0.2, -0.15) is 5.10 Å². The fraction of sp³-hybridized carbons (Fsp3) is 0.379. The Morgan fingerprint density at radius 3 is 2.44 bits per heavy atom. The summed E-state index contributed by atoms with van der Waals surface area (Å²) in [6.45, 7) is 12.7. The number of carbonyl (C=O) groups is 5. The number of benzene rings is 4. The maximum atomic E-state index is 14.1. The van der Waals surface area contributed by atoms with E-state index in [4.69, 9.17) is 14.5 Å². The number of aromatic nitrogens is 4. The number of amides is 4. The van der Waals surface area contributed by atoms with Crippen LogP contribution in [0.1, 0.15) is 115 Å². The Morgan fingerprint density at radius 2 is 1.65 bits per heavy atom. The fourth-order valence-electron chi connectivity index (χ4n) is 10.7. The molecule has 0 saturated carbocycles. The van der Waals surface area contributed by atoms with Crippen LogP contribution >= 0.6 is 11.3 Å². The standard InChI is InChI=1S/C58H63N9O7S/c1-34-38(39-22-24-48(61-51(39)56(72)74-58(3,4)5)67-31-28-37-14-9-16-40(43(37)33-67)54(70)63-57-60-44-18-7-8-21-47(44)75-57)15-11-20-46(34)73-32-12-13-36-26-29-66(30-27-36)35(2)53(69)59-45-19-10-17-41-50(64-65(6)52(41)45)42-23-25-49(68)62-55(42)71/h7-11,14-22,24,35-36,42H,12-13,23,25-33H2,1-6H3,(H,59,69)(H,60,63,70)(H,62,68,71)/t35-,42?/m0/s1. The van der Waals surface area contributed by atoms with Crippen LogP contribution in [0.5, 0.6) is 5.75 Å². The van der Waals surface area contributed by atoms with Crippen molar-refractivity contribution in [1.29, 1.82) is 0 Å². The highest BCUT2D eigenvalue weighted by molar-refractivity contribution is 7.22. The number of imide groups is 1. The molecule has 16 nitrogen and oxygen atoms in total. The number of anilines is 3. The van der Waals surface area contributed by atoms with E-state index in [1.807, 2.05) is 120 Å². The molecule has 75 heavy (non-hydrogen) atoms. The van der Waals surface area contributed by atoms with Crippen LogP contribution in [0.3, 0.4) is 0 Å². The molecule has 0 spiro atoms. The number of pyridine rings is 1. The SMILES string of the molecule is Cc1c(OCCCC2CCN([C@@H](C)C(=O)Nc3cccc4c(C5CCC(=O)NC5=O)nn(C)c34)CC2)cccc1-c1ccc(N2CCc3cccc(C(=O)Nc4nc5ccccc5s4)c3C2)nc1C(=O)OC(C)(C)C. The number of rotatable bonds is 14. The summed E-state index contributed by atoms with van der Waals surface area (Å²) in [6, 6.07) is 28.7. The first-order valence-corrected chi connectivity index (χ1v) is 26.7. The van der Waals surface area contributed by atoms with Gasteiger partial charge in [0, 0.05) is 43.1 Å². The molecule has 7 aromatic rings. The van der Waals surface area contributed by atoms with E-state index in [1.54, 1.807) is 11.7 Å². The van der Waals surface area contributed by atoms with Gasteiger partial charge in [-0.1, -0.05) is 59.9 Å². The van der Waals surface area contributed by atoms with Gasteiger partial charge in [-0.3, -0.25) is 39.4 Å². The highest BCUT2D eigenvalue weighted by Gasteiger charge is 2.34. The Kier molecular flexibility index (Phi) is 14.5. The lowest BCUT2D eigenvalue weighted by Crippen LogP contribution is -2.46. The van der Waals surface area contributed by atoms with Crippen LogP contribution in [-0.4, -0.2) is 92.1 Å². The lowest BCUT2D eigenvalue weighted by Gasteiger charge is -2.35. The molecule has 0 aliphatic carbocycles. The molecule has 2 fully saturated rings. The van der Waals surface area contributed by atoms with Gasteiger partial charge in [0.2, 0.25) is 17.7 Å². The Morgan fingerprint density at radius 1 is 0.867 bits per heavy atom. The number of esters is 1. The van der Waals surface area contributed by atoms with Gasteiger partial charge in [-0.25, -0.2) is 14.8 Å². The molecule has 4 amide bonds. The van der Waals surface area contributed by atoms with Crippen molar-refractivity contribution in [2.45, 2.75) is 104 Å². The van der Waals surface area contributed by atoms with Crippen molar-refractivity contribution >= 4 is 78.7 Å². The number of aryl methyl sites for hydroxylation is 1. The van der Waals surface area contributed by atoms with Gasteiger partial charge in [0.1, 0.15) is 17.2 Å². The zero-order chi connectivity index (χ0) is 52.5. The number of hydrogen-bond donors (Lipinski definition) is 3. The van der Waals surface area contributed by atoms with E-state index in [9.17, 15) is 24.0 Å². The largest absolute Gasteiger partial charge is 0.493 e. The van der Waals surface area contributed by atoms with Crippen molar-refractivity contribution in [2.75, 3.05) is 41.8 Å². The number of piperidine rings is 2. The van der Waals surface area contributed by atoms with Crippen LogP contribution in [0.2, 0.25) is 0 Å². The molecule has 388 valence electrons. The normalized spacial score (nSPS) is 16.9. The van der Waals surface area contributed by atoms with Crippen LogP contribution in [0.25, 0.3) is 32.2 Å². The number of fused-ring (bicyclic) bond motifs is 3. The van der Waals surface area contributed by atoms with Crippen molar-refractivity contribution in [2.24, 2.45) is 13.0 Å². The number of nitrogens with zero attached hydrogens (tertiary/aromatic N) is 6. The van der Waals surface area contributed by atoms with Gasteiger partial charge in [0.05, 0.1) is 45.7 Å². The molecular weight excluding hydrogens is 967 g/mol. The average molecular weight is 1030 g/mol. The number of para-hydroxylation sites is 2. The number of likely N-dealkylation sites (tertiary alicyclic amines) is 1. The van der Waals surface area contributed by atoms with Gasteiger partial charge < -0.3 is 19.7 Å². The second-order valence-corrected chi connectivity index (χ2v) is 21.9. The minimum absolute atomic E-state index is 0.104. The highest BCUT2D eigenvalue weighted by atomic mass is 32.1. The summed E-state index contributed by atoms with van der Waals surface area (Å²) in [4.78, 5) is 80.1. The number of carbonyl (C=O) groups excluding carboxylic acids is 5. The van der Waals surface area contributed by atoms with E-state index in [0.717, 1.165) is 87.9 Å². The maximum absolute atomic E-state index is 14.1. The van der Waals surface area contributed by atoms with Gasteiger partial charge in [-0.15, -0.1) is 0 Å². The molecule has 17 heteroatoms. The smallest absolute Gasteiger partial charge is 0.358 e. The summed E-state index contributed by atoms with van der Waals surface area (Å²) in [5.41, 5.74) is 7.21. The molecule has 0 radical (unpaired) electrons. The van der Waals surface area contributed by atoms with Crippen molar-refractivity contribution in [1.82, 2.24) is 30.0 Å². The molecule has 10 rings (SSSR count). The number of nitrogens with one attached hydrogen (secondary N) is 3. The summed E-state index contributed by atoms with van der Waals surface area (Å²) >= 11 is 1.44. The lowest BCUT2D eigenvalue weighted by atomic mass is 9.91. The first kappa shape index (κ1) is 51.0. The third kappa shape index (κ3) is 11.0. The number of hydrogen-bond acceptors (Lipinski definition) is 13. The fourth-order valence-corrected chi connectivity index (χ4v) is 11.6. The van der Waals surface area contributed by atoms with E-state index < -0.39 is 17.5 Å². The number of thiazole rings is 1. The molecule has 3 aliphatic heterocycles. The summed E-state index contributed by atoms with van der Waals surface area (Å²) < 4.78 is 15.1. The Balaban J connectivity index is 0.757. The van der Waals surface area contributed by atoms with E-state index in [1.165, 1.54) is 11.3 Å². The molecule has 6 heterocycles. The molecule has 3 N–H and O–H groups in total. The van der Waals surface area contributed by atoms with E-state index in [0.29, 0.717) is 71.9 Å². The van der Waals surface area contributed by atoms with Gasteiger partial charge in [0.25, 0.3) is 5.91 Å². The lowest BCUT2D eigenvalue weighted by molar-refractivity contribution is -0.134. The molecule has 3 aromatic heterocycles. The predicted octanol–water partition coefficient (Wildman–Crippen LogP) is 9.74. The maximum Gasteiger partial charge on any atom is 0.358 e. The van der Waals surface area contributed by atoms with Gasteiger partial charge in [0.15, 0.2) is 10.8 Å². The first-order valence-electron chi connectivity index (χ1n) is 25.9. The van der Waals surface area contributed by atoms with E-state index in [2.05, 4.69) is 41.9 Å². The molecule has 2 saturated heterocycles. The topological polar surface area (TPSA) is 190 Å². The summed E-state index contributed by atoms with van der Waals surface area (Å²) in [7, 11) is 1.80. The third-order valence-corrected chi connectivity index (χ3v) is 15.7. The molecule has 1 unspecified atom stereocenters. The van der Waals surface area contributed by atoms with Crippen LogP contribution in [0.15, 0.2) is 91.0 Å².